The van der Waals surface area contributed by atoms with E-state index in [1.165, 1.54) is 12.8 Å². The number of rotatable bonds is 4. The molecule has 0 aromatic carbocycles. The van der Waals surface area contributed by atoms with Crippen LogP contribution in [0.1, 0.15) is 18.4 Å². The van der Waals surface area contributed by atoms with Gasteiger partial charge in [-0.1, -0.05) is 0 Å². The molecule has 1 aromatic rings. The molecule has 1 aromatic heterocycles. The molecule has 76 valence electrons. The van der Waals surface area contributed by atoms with E-state index < -0.39 is 0 Å². The number of aromatic nitrogens is 2. The van der Waals surface area contributed by atoms with Crippen LogP contribution in [0.5, 0.6) is 0 Å². The van der Waals surface area contributed by atoms with Crippen LogP contribution in [0.2, 0.25) is 0 Å². The molecule has 1 heterocycles. The van der Waals surface area contributed by atoms with Gasteiger partial charge in [-0.25, -0.2) is 9.97 Å². The Balaban J connectivity index is 2.04. The van der Waals surface area contributed by atoms with Crippen LogP contribution in [0.25, 0.3) is 0 Å². The minimum Gasteiger partial charge on any atom is -0.341 e. The van der Waals surface area contributed by atoms with Gasteiger partial charge in [0.1, 0.15) is 0 Å². The van der Waals surface area contributed by atoms with E-state index in [-0.39, 0.29) is 0 Å². The highest BCUT2D eigenvalue weighted by molar-refractivity contribution is 5.32. The molecule has 0 radical (unpaired) electrons. The first-order valence-corrected chi connectivity index (χ1v) is 5.05. The van der Waals surface area contributed by atoms with Crippen LogP contribution in [0, 0.1) is 0 Å². The van der Waals surface area contributed by atoms with E-state index in [1.54, 1.807) is 0 Å². The fourth-order valence-corrected chi connectivity index (χ4v) is 1.45. The maximum atomic E-state index is 5.45. The van der Waals surface area contributed by atoms with Crippen LogP contribution in [-0.4, -0.2) is 29.6 Å². The zero-order valence-corrected chi connectivity index (χ0v) is 8.48. The van der Waals surface area contributed by atoms with Crippen LogP contribution in [0.4, 0.5) is 5.95 Å². The molecule has 1 fully saturated rings. The van der Waals surface area contributed by atoms with Crippen LogP contribution in [0.15, 0.2) is 12.4 Å². The van der Waals surface area contributed by atoms with Gasteiger partial charge in [-0.15, -0.1) is 0 Å². The maximum absolute atomic E-state index is 5.45. The molecule has 0 unspecified atom stereocenters. The fraction of sp³-hybridized carbons (Fsp3) is 0.600. The monoisotopic (exact) mass is 192 g/mol. The van der Waals surface area contributed by atoms with E-state index in [1.807, 2.05) is 12.4 Å². The third-order valence-corrected chi connectivity index (χ3v) is 2.53. The normalized spacial score (nSPS) is 15.6. The first-order chi connectivity index (χ1) is 6.81. The van der Waals surface area contributed by atoms with Crippen molar-refractivity contribution in [3.05, 3.63) is 18.0 Å². The fourth-order valence-electron chi connectivity index (χ4n) is 1.45. The van der Waals surface area contributed by atoms with Gasteiger partial charge in [0.15, 0.2) is 0 Å². The van der Waals surface area contributed by atoms with E-state index in [4.69, 9.17) is 5.73 Å². The lowest BCUT2D eigenvalue weighted by molar-refractivity contribution is 0.849. The second kappa shape index (κ2) is 3.92. The Morgan fingerprint density at radius 3 is 2.57 bits per heavy atom. The molecule has 0 atom stereocenters. The molecule has 4 nitrogen and oxygen atoms in total. The molecule has 0 amide bonds. The van der Waals surface area contributed by atoms with Gasteiger partial charge >= 0.3 is 0 Å². The molecule has 0 spiro atoms. The lowest BCUT2D eigenvalue weighted by Crippen LogP contribution is -2.21. The highest BCUT2D eigenvalue weighted by Gasteiger charge is 2.27. The highest BCUT2D eigenvalue weighted by atomic mass is 15.3. The van der Waals surface area contributed by atoms with Crippen molar-refractivity contribution >= 4 is 5.95 Å². The summed E-state index contributed by atoms with van der Waals surface area (Å²) in [6.45, 7) is 0.654. The van der Waals surface area contributed by atoms with Crippen molar-refractivity contribution < 1.29 is 0 Å². The average Bonchev–Trinajstić information content (AvgIpc) is 3.02. The Labute approximate surface area is 84.2 Å². The van der Waals surface area contributed by atoms with Crippen LogP contribution < -0.4 is 10.6 Å². The van der Waals surface area contributed by atoms with Crippen molar-refractivity contribution in [3.8, 4) is 0 Å². The second-order valence-electron chi connectivity index (χ2n) is 3.77. The van der Waals surface area contributed by atoms with Crippen molar-refractivity contribution in [1.82, 2.24) is 9.97 Å². The summed E-state index contributed by atoms with van der Waals surface area (Å²) in [6.07, 6.45) is 7.13. The van der Waals surface area contributed by atoms with Crippen molar-refractivity contribution in [2.24, 2.45) is 5.73 Å². The van der Waals surface area contributed by atoms with Gasteiger partial charge in [0.2, 0.25) is 5.95 Å². The van der Waals surface area contributed by atoms with E-state index >= 15 is 0 Å². The van der Waals surface area contributed by atoms with E-state index in [0.717, 1.165) is 17.9 Å². The number of hydrogen-bond acceptors (Lipinski definition) is 4. The van der Waals surface area contributed by atoms with Crippen LogP contribution in [0.3, 0.4) is 0 Å². The highest BCUT2D eigenvalue weighted by Crippen LogP contribution is 2.27. The molecule has 0 bridgehead atoms. The van der Waals surface area contributed by atoms with Gasteiger partial charge in [-0.3, -0.25) is 0 Å². The summed E-state index contributed by atoms with van der Waals surface area (Å²) < 4.78 is 0. The van der Waals surface area contributed by atoms with Gasteiger partial charge in [-0.2, -0.15) is 0 Å². The Kier molecular flexibility index (Phi) is 2.63. The topological polar surface area (TPSA) is 55.0 Å². The summed E-state index contributed by atoms with van der Waals surface area (Å²) in [5.41, 5.74) is 6.56. The van der Waals surface area contributed by atoms with Gasteiger partial charge in [-0.05, 0) is 31.4 Å². The van der Waals surface area contributed by atoms with Gasteiger partial charge in [0.05, 0.1) is 0 Å². The molecule has 4 heteroatoms. The first kappa shape index (κ1) is 9.40. The Morgan fingerprint density at radius 2 is 2.07 bits per heavy atom. The zero-order valence-electron chi connectivity index (χ0n) is 8.48. The van der Waals surface area contributed by atoms with Crippen molar-refractivity contribution in [1.29, 1.82) is 0 Å². The molecule has 1 aliphatic carbocycles. The maximum Gasteiger partial charge on any atom is 0.225 e. The Bertz CT molecular complexity index is 291. The number of nitrogens with zero attached hydrogens (tertiary/aromatic N) is 3. The van der Waals surface area contributed by atoms with Gasteiger partial charge in [0, 0.05) is 25.5 Å². The number of hydrogen-bond donors (Lipinski definition) is 1. The molecule has 0 aliphatic heterocycles. The molecule has 1 saturated carbocycles. The SMILES string of the molecule is CN(c1ncc(CCN)cn1)C1CC1. The summed E-state index contributed by atoms with van der Waals surface area (Å²) >= 11 is 0. The van der Waals surface area contributed by atoms with E-state index in [2.05, 4.69) is 21.9 Å². The molecule has 1 aliphatic rings. The van der Waals surface area contributed by atoms with Crippen LogP contribution >= 0.6 is 0 Å². The van der Waals surface area contributed by atoms with Crippen molar-refractivity contribution in [3.63, 3.8) is 0 Å². The summed E-state index contributed by atoms with van der Waals surface area (Å²) in [4.78, 5) is 10.8. The summed E-state index contributed by atoms with van der Waals surface area (Å²) in [5.74, 6) is 0.827. The van der Waals surface area contributed by atoms with E-state index in [0.29, 0.717) is 12.6 Å². The lowest BCUT2D eigenvalue weighted by atomic mass is 10.2. The third kappa shape index (κ3) is 2.01. The standard InChI is InChI=1S/C10H16N4/c1-14(9-2-3-9)10-12-6-8(4-5-11)7-13-10/h6-7,9H,2-5,11H2,1H3. The van der Waals surface area contributed by atoms with Crippen molar-refractivity contribution in [2.45, 2.75) is 25.3 Å². The summed E-state index contributed by atoms with van der Waals surface area (Å²) in [7, 11) is 2.05. The first-order valence-electron chi connectivity index (χ1n) is 5.05. The van der Waals surface area contributed by atoms with Gasteiger partial charge in [0.25, 0.3) is 0 Å². The van der Waals surface area contributed by atoms with Gasteiger partial charge < -0.3 is 10.6 Å². The smallest absolute Gasteiger partial charge is 0.225 e. The quantitative estimate of drug-likeness (QED) is 0.758. The van der Waals surface area contributed by atoms with E-state index in [9.17, 15) is 0 Å². The lowest BCUT2D eigenvalue weighted by Gasteiger charge is -2.15. The average molecular weight is 192 g/mol. The zero-order chi connectivity index (χ0) is 9.97. The van der Waals surface area contributed by atoms with Crippen LogP contribution in [-0.2, 0) is 6.42 Å². The minimum absolute atomic E-state index is 0.654. The number of nitrogens with two attached hydrogens (primary N) is 1. The Morgan fingerprint density at radius 1 is 1.43 bits per heavy atom. The minimum atomic E-state index is 0.654. The molecular weight excluding hydrogens is 176 g/mol. The Hall–Kier alpha value is -1.16. The predicted molar refractivity (Wildman–Crippen MR) is 56.2 cm³/mol. The third-order valence-electron chi connectivity index (χ3n) is 2.53. The largest absolute Gasteiger partial charge is 0.341 e. The summed E-state index contributed by atoms with van der Waals surface area (Å²) in [5, 5.41) is 0. The molecule has 2 N–H and O–H groups in total. The summed E-state index contributed by atoms with van der Waals surface area (Å²) in [6, 6.07) is 0.662. The molecule has 0 saturated heterocycles. The molecule has 14 heavy (non-hydrogen) atoms. The predicted octanol–water partition coefficient (Wildman–Crippen LogP) is 0.576. The second-order valence-corrected chi connectivity index (χ2v) is 3.77. The molecular formula is C10H16N4. The van der Waals surface area contributed by atoms with Crippen molar-refractivity contribution in [2.75, 3.05) is 18.5 Å². The molecule has 2 rings (SSSR count). The number of anilines is 1.